The van der Waals surface area contributed by atoms with Crippen molar-refractivity contribution in [3.05, 3.63) is 59.9 Å². The number of amides is 1. The molecule has 0 radical (unpaired) electrons. The van der Waals surface area contributed by atoms with E-state index in [1.165, 1.54) is 5.56 Å². The highest BCUT2D eigenvalue weighted by molar-refractivity contribution is 5.76. The Morgan fingerprint density at radius 3 is 2.83 bits per heavy atom. The van der Waals surface area contributed by atoms with Crippen LogP contribution in [0.15, 0.2) is 48.5 Å². The van der Waals surface area contributed by atoms with Gasteiger partial charge in [-0.2, -0.15) is 0 Å². The Bertz CT molecular complexity index is 933. The number of hydrogen-bond donors (Lipinski definition) is 1. The molecule has 29 heavy (non-hydrogen) atoms. The molecule has 0 atom stereocenters. The maximum absolute atomic E-state index is 11.7. The van der Waals surface area contributed by atoms with Crippen molar-refractivity contribution in [2.45, 2.75) is 52.5 Å². The number of nitrogens with one attached hydrogen (secondary N) is 1. The number of para-hydroxylation sites is 2. The summed E-state index contributed by atoms with van der Waals surface area (Å²) in [7, 11) is 0. The standard InChI is InChI=1S/C24H31N3O2/c1-3-9-24(28)25-15-14-23-26-21-12-4-5-13-22(21)27(23)16-6-7-17-29-20-11-8-10-19(2)18-20/h4-5,8,10-13,18H,3,6-7,9,14-17H2,1-2H3,(H,25,28). The number of aryl methyl sites for hydroxylation is 2. The molecule has 2 aromatic carbocycles. The molecule has 1 amide bonds. The predicted molar refractivity (Wildman–Crippen MR) is 117 cm³/mol. The molecule has 3 aromatic rings. The highest BCUT2D eigenvalue weighted by Crippen LogP contribution is 2.18. The third kappa shape index (κ3) is 6.08. The zero-order valence-electron chi connectivity index (χ0n) is 17.5. The number of aromatic nitrogens is 2. The Morgan fingerprint density at radius 1 is 1.14 bits per heavy atom. The Hall–Kier alpha value is -2.82. The Kier molecular flexibility index (Phi) is 7.68. The summed E-state index contributed by atoms with van der Waals surface area (Å²) in [6.07, 6.45) is 4.19. The largest absolute Gasteiger partial charge is 0.494 e. The lowest BCUT2D eigenvalue weighted by atomic mass is 10.2. The van der Waals surface area contributed by atoms with Gasteiger partial charge >= 0.3 is 0 Å². The first kappa shape index (κ1) is 20.9. The average molecular weight is 394 g/mol. The normalized spacial score (nSPS) is 11.0. The van der Waals surface area contributed by atoms with E-state index in [0.717, 1.165) is 54.8 Å². The second kappa shape index (κ2) is 10.6. The minimum absolute atomic E-state index is 0.114. The second-order valence-corrected chi connectivity index (χ2v) is 7.39. The van der Waals surface area contributed by atoms with Crippen LogP contribution in [0.2, 0.25) is 0 Å². The maximum atomic E-state index is 11.7. The van der Waals surface area contributed by atoms with E-state index in [9.17, 15) is 4.79 Å². The highest BCUT2D eigenvalue weighted by Gasteiger charge is 2.10. The van der Waals surface area contributed by atoms with Crippen LogP contribution < -0.4 is 10.1 Å². The SMILES string of the molecule is CCCC(=O)NCCc1nc2ccccc2n1CCCCOc1cccc(C)c1. The van der Waals surface area contributed by atoms with Crippen molar-refractivity contribution >= 4 is 16.9 Å². The molecule has 1 aromatic heterocycles. The van der Waals surface area contributed by atoms with Crippen LogP contribution in [0.25, 0.3) is 11.0 Å². The van der Waals surface area contributed by atoms with Gasteiger partial charge < -0.3 is 14.6 Å². The van der Waals surface area contributed by atoms with Gasteiger partial charge in [-0.25, -0.2) is 4.98 Å². The minimum Gasteiger partial charge on any atom is -0.494 e. The van der Waals surface area contributed by atoms with Crippen molar-refractivity contribution in [3.63, 3.8) is 0 Å². The number of unbranched alkanes of at least 4 members (excludes halogenated alkanes) is 1. The molecule has 0 saturated carbocycles. The fraction of sp³-hybridized carbons (Fsp3) is 0.417. The molecule has 0 saturated heterocycles. The number of nitrogens with zero attached hydrogens (tertiary/aromatic N) is 2. The van der Waals surface area contributed by atoms with Gasteiger partial charge in [0.1, 0.15) is 11.6 Å². The summed E-state index contributed by atoms with van der Waals surface area (Å²) >= 11 is 0. The van der Waals surface area contributed by atoms with Crippen LogP contribution in [-0.4, -0.2) is 28.6 Å². The predicted octanol–water partition coefficient (Wildman–Crippen LogP) is 4.66. The Labute approximate surface area is 173 Å². The Morgan fingerprint density at radius 2 is 2.00 bits per heavy atom. The number of imidazole rings is 1. The van der Waals surface area contributed by atoms with Crippen LogP contribution in [0.3, 0.4) is 0 Å². The van der Waals surface area contributed by atoms with Gasteiger partial charge in [-0.15, -0.1) is 0 Å². The van der Waals surface area contributed by atoms with E-state index in [0.29, 0.717) is 19.6 Å². The lowest BCUT2D eigenvalue weighted by molar-refractivity contribution is -0.121. The van der Waals surface area contributed by atoms with Crippen molar-refractivity contribution in [1.82, 2.24) is 14.9 Å². The van der Waals surface area contributed by atoms with Gasteiger partial charge in [-0.1, -0.05) is 31.2 Å². The number of rotatable bonds is 11. The maximum Gasteiger partial charge on any atom is 0.219 e. The van der Waals surface area contributed by atoms with Gasteiger partial charge in [0, 0.05) is 25.9 Å². The zero-order valence-corrected chi connectivity index (χ0v) is 17.5. The fourth-order valence-electron chi connectivity index (χ4n) is 3.46. The topological polar surface area (TPSA) is 56.2 Å². The van der Waals surface area contributed by atoms with E-state index >= 15 is 0 Å². The summed E-state index contributed by atoms with van der Waals surface area (Å²) in [5, 5.41) is 2.99. The number of ether oxygens (including phenoxy) is 1. The van der Waals surface area contributed by atoms with Gasteiger partial charge in [0.2, 0.25) is 5.91 Å². The van der Waals surface area contributed by atoms with Crippen LogP contribution in [0.4, 0.5) is 0 Å². The Balaban J connectivity index is 1.55. The van der Waals surface area contributed by atoms with E-state index in [1.807, 2.05) is 37.3 Å². The lowest BCUT2D eigenvalue weighted by Gasteiger charge is -2.11. The van der Waals surface area contributed by atoms with E-state index in [4.69, 9.17) is 9.72 Å². The molecule has 5 heteroatoms. The third-order valence-electron chi connectivity index (χ3n) is 4.92. The van der Waals surface area contributed by atoms with Gasteiger partial charge in [-0.3, -0.25) is 4.79 Å². The minimum atomic E-state index is 0.114. The number of carbonyl (C=O) groups excluding carboxylic acids is 1. The smallest absolute Gasteiger partial charge is 0.219 e. The number of hydrogen-bond acceptors (Lipinski definition) is 3. The lowest BCUT2D eigenvalue weighted by Crippen LogP contribution is -2.26. The molecule has 1 N–H and O–H groups in total. The van der Waals surface area contributed by atoms with Crippen LogP contribution >= 0.6 is 0 Å². The molecule has 0 aliphatic heterocycles. The summed E-state index contributed by atoms with van der Waals surface area (Å²) in [5.41, 5.74) is 3.38. The van der Waals surface area contributed by atoms with Gasteiger partial charge in [-0.05, 0) is 56.0 Å². The van der Waals surface area contributed by atoms with Gasteiger partial charge in [0.25, 0.3) is 0 Å². The summed E-state index contributed by atoms with van der Waals surface area (Å²) in [6.45, 7) is 6.32. The van der Waals surface area contributed by atoms with Crippen LogP contribution in [-0.2, 0) is 17.8 Å². The van der Waals surface area contributed by atoms with Crippen LogP contribution in [0.5, 0.6) is 5.75 Å². The van der Waals surface area contributed by atoms with Crippen LogP contribution in [0, 0.1) is 6.92 Å². The fourth-order valence-corrected chi connectivity index (χ4v) is 3.46. The van der Waals surface area contributed by atoms with Crippen molar-refractivity contribution in [3.8, 4) is 5.75 Å². The second-order valence-electron chi connectivity index (χ2n) is 7.39. The summed E-state index contributed by atoms with van der Waals surface area (Å²) in [5.74, 6) is 2.08. The molecular weight excluding hydrogens is 362 g/mol. The first-order valence-electron chi connectivity index (χ1n) is 10.6. The monoisotopic (exact) mass is 393 g/mol. The van der Waals surface area contributed by atoms with Crippen LogP contribution in [0.1, 0.15) is 44.0 Å². The molecule has 0 bridgehead atoms. The van der Waals surface area contributed by atoms with E-state index < -0.39 is 0 Å². The van der Waals surface area contributed by atoms with Crippen molar-refractivity contribution in [2.75, 3.05) is 13.2 Å². The van der Waals surface area contributed by atoms with Crippen molar-refractivity contribution in [2.24, 2.45) is 0 Å². The van der Waals surface area contributed by atoms with Gasteiger partial charge in [0.05, 0.1) is 17.6 Å². The molecule has 0 spiro atoms. The van der Waals surface area contributed by atoms with Crippen molar-refractivity contribution < 1.29 is 9.53 Å². The van der Waals surface area contributed by atoms with Crippen molar-refractivity contribution in [1.29, 1.82) is 0 Å². The molecule has 0 aliphatic carbocycles. The first-order chi connectivity index (χ1) is 14.2. The number of fused-ring (bicyclic) bond motifs is 1. The first-order valence-corrected chi connectivity index (χ1v) is 10.6. The molecule has 0 aliphatic rings. The molecule has 0 unspecified atom stereocenters. The van der Waals surface area contributed by atoms with E-state index in [1.54, 1.807) is 0 Å². The molecule has 3 rings (SSSR count). The highest BCUT2D eigenvalue weighted by atomic mass is 16.5. The zero-order chi connectivity index (χ0) is 20.5. The summed E-state index contributed by atoms with van der Waals surface area (Å²) < 4.78 is 8.15. The summed E-state index contributed by atoms with van der Waals surface area (Å²) in [6, 6.07) is 16.4. The quantitative estimate of drug-likeness (QED) is 0.482. The third-order valence-corrected chi connectivity index (χ3v) is 4.92. The number of carbonyl (C=O) groups is 1. The number of benzene rings is 2. The molecular formula is C24H31N3O2. The average Bonchev–Trinajstić information content (AvgIpc) is 3.05. The van der Waals surface area contributed by atoms with Gasteiger partial charge in [0.15, 0.2) is 0 Å². The molecule has 0 fully saturated rings. The van der Waals surface area contributed by atoms with E-state index in [-0.39, 0.29) is 5.91 Å². The molecule has 5 nitrogen and oxygen atoms in total. The molecule has 1 heterocycles. The van der Waals surface area contributed by atoms with E-state index in [2.05, 4.69) is 35.0 Å². The summed E-state index contributed by atoms with van der Waals surface area (Å²) in [4.78, 5) is 16.5. The molecule has 154 valence electrons.